The van der Waals surface area contributed by atoms with Gasteiger partial charge in [-0.3, -0.25) is 4.79 Å². The Morgan fingerprint density at radius 1 is 1.19 bits per heavy atom. The van der Waals surface area contributed by atoms with Gasteiger partial charge in [-0.25, -0.2) is 0 Å². The van der Waals surface area contributed by atoms with Crippen LogP contribution in [0.15, 0.2) is 48.5 Å². The number of likely N-dealkylation sites (N-methyl/N-ethyl adjacent to an activating group) is 1. The highest BCUT2D eigenvalue weighted by Gasteiger charge is 2.21. The zero-order chi connectivity index (χ0) is 18.7. The summed E-state index contributed by atoms with van der Waals surface area (Å²) in [6, 6.07) is 11.3. The number of benzene rings is 2. The van der Waals surface area contributed by atoms with E-state index < -0.39 is 6.18 Å². The first-order valence-electron chi connectivity index (χ1n) is 7.97. The number of anilines is 2. The Bertz CT molecular complexity index is 830. The second-order valence-corrected chi connectivity index (χ2v) is 5.90. The molecule has 3 rings (SSSR count). The molecule has 1 amide bonds. The summed E-state index contributed by atoms with van der Waals surface area (Å²) in [5.74, 6) is 0.352. The maximum Gasteiger partial charge on any atom is 0.409 e. The molecule has 0 saturated carbocycles. The Labute approximate surface area is 148 Å². The third-order valence-corrected chi connectivity index (χ3v) is 3.95. The summed E-state index contributed by atoms with van der Waals surface area (Å²) in [6.45, 7) is 1.38. The molecule has 0 aromatic heterocycles. The van der Waals surface area contributed by atoms with Crippen LogP contribution < -0.4 is 15.0 Å². The average molecular weight is 362 g/mol. The fraction of sp³-hybridized carbons (Fsp3) is 0.211. The predicted molar refractivity (Wildman–Crippen MR) is 94.7 cm³/mol. The number of carbonyl (C=O) groups is 1. The van der Waals surface area contributed by atoms with Gasteiger partial charge < -0.3 is 15.0 Å². The molecule has 1 aliphatic rings. The van der Waals surface area contributed by atoms with Crippen LogP contribution in [0.5, 0.6) is 5.75 Å². The molecule has 1 heterocycles. The van der Waals surface area contributed by atoms with Crippen molar-refractivity contribution in [2.45, 2.75) is 6.18 Å². The fourth-order valence-corrected chi connectivity index (χ4v) is 2.58. The van der Waals surface area contributed by atoms with Crippen molar-refractivity contribution in [3.8, 4) is 5.75 Å². The summed E-state index contributed by atoms with van der Waals surface area (Å²) in [6.07, 6.45) is -3.25. The van der Waals surface area contributed by atoms with E-state index in [-0.39, 0.29) is 12.0 Å². The van der Waals surface area contributed by atoms with E-state index in [4.69, 9.17) is 4.74 Å². The number of ether oxygens (including phenoxy) is 1. The highest BCUT2D eigenvalue weighted by atomic mass is 19.4. The number of nitrogens with one attached hydrogen (secondary N) is 1. The minimum atomic E-state index is -4.36. The zero-order valence-electron chi connectivity index (χ0n) is 14.0. The second kappa shape index (κ2) is 7.11. The Kier molecular flexibility index (Phi) is 4.88. The van der Waals surface area contributed by atoms with E-state index in [9.17, 15) is 18.0 Å². The summed E-state index contributed by atoms with van der Waals surface area (Å²) in [5.41, 5.74) is 2.26. The molecule has 7 heteroatoms. The van der Waals surface area contributed by atoms with Crippen molar-refractivity contribution in [1.82, 2.24) is 0 Å². The maximum absolute atomic E-state index is 12.3. The van der Waals surface area contributed by atoms with Crippen LogP contribution >= 0.6 is 0 Å². The topological polar surface area (TPSA) is 41.6 Å². The van der Waals surface area contributed by atoms with E-state index in [2.05, 4.69) is 10.2 Å². The van der Waals surface area contributed by atoms with E-state index in [1.54, 1.807) is 12.1 Å². The van der Waals surface area contributed by atoms with Gasteiger partial charge >= 0.3 is 6.18 Å². The van der Waals surface area contributed by atoms with E-state index >= 15 is 0 Å². The van der Waals surface area contributed by atoms with Gasteiger partial charge in [0.25, 0.3) is 5.91 Å². The lowest BCUT2D eigenvalue weighted by Crippen LogP contribution is -2.28. The van der Waals surface area contributed by atoms with E-state index in [1.165, 1.54) is 24.3 Å². The number of halogens is 3. The van der Waals surface area contributed by atoms with Crippen LogP contribution in [0, 0.1) is 0 Å². The quantitative estimate of drug-likeness (QED) is 0.883. The minimum absolute atomic E-state index is 0.159. The normalized spacial score (nSPS) is 14.1. The lowest BCUT2D eigenvalue weighted by Gasteiger charge is -2.27. The number of rotatable bonds is 3. The Balaban J connectivity index is 1.69. The SMILES string of the molecule is CN1CCOc2cc(NC(=O)c3ccc(C=CC(F)(F)F)cc3)ccc21. The lowest BCUT2D eigenvalue weighted by molar-refractivity contribution is -0.0790. The van der Waals surface area contributed by atoms with Crippen molar-refractivity contribution in [2.75, 3.05) is 30.4 Å². The highest BCUT2D eigenvalue weighted by Crippen LogP contribution is 2.33. The van der Waals surface area contributed by atoms with Crippen LogP contribution in [0.25, 0.3) is 6.08 Å². The number of fused-ring (bicyclic) bond motifs is 1. The average Bonchev–Trinajstić information content (AvgIpc) is 2.60. The number of amides is 1. The van der Waals surface area contributed by atoms with Crippen LogP contribution in [-0.4, -0.2) is 32.3 Å². The standard InChI is InChI=1S/C19H17F3N2O2/c1-24-10-11-26-17-12-15(6-7-16(17)24)23-18(25)14-4-2-13(3-5-14)8-9-19(20,21)22/h2-9,12H,10-11H2,1H3,(H,23,25). The Morgan fingerprint density at radius 3 is 2.62 bits per heavy atom. The molecule has 2 aromatic rings. The van der Waals surface area contributed by atoms with E-state index in [0.717, 1.165) is 18.3 Å². The van der Waals surface area contributed by atoms with Crippen molar-refractivity contribution in [3.63, 3.8) is 0 Å². The van der Waals surface area contributed by atoms with Gasteiger partial charge in [0.2, 0.25) is 0 Å². The van der Waals surface area contributed by atoms with Crippen molar-refractivity contribution < 1.29 is 22.7 Å². The van der Waals surface area contributed by atoms with Gasteiger partial charge in [0.05, 0.1) is 12.2 Å². The molecule has 1 N–H and O–H groups in total. The minimum Gasteiger partial charge on any atom is -0.489 e. The summed E-state index contributed by atoms with van der Waals surface area (Å²) in [7, 11) is 1.97. The number of nitrogens with zero attached hydrogens (tertiary/aromatic N) is 1. The van der Waals surface area contributed by atoms with Crippen LogP contribution in [0.1, 0.15) is 15.9 Å². The van der Waals surface area contributed by atoms with Crippen molar-refractivity contribution >= 4 is 23.4 Å². The molecule has 136 valence electrons. The van der Waals surface area contributed by atoms with Gasteiger partial charge in [-0.05, 0) is 29.8 Å². The van der Waals surface area contributed by atoms with E-state index in [1.807, 2.05) is 13.1 Å². The van der Waals surface area contributed by atoms with Gasteiger partial charge in [-0.15, -0.1) is 0 Å². The third-order valence-electron chi connectivity index (χ3n) is 3.95. The monoisotopic (exact) mass is 362 g/mol. The molecule has 0 radical (unpaired) electrons. The van der Waals surface area contributed by atoms with Crippen molar-refractivity contribution in [1.29, 1.82) is 0 Å². The summed E-state index contributed by atoms with van der Waals surface area (Å²) >= 11 is 0. The molecule has 1 aliphatic heterocycles. The van der Waals surface area contributed by atoms with Gasteiger partial charge in [0.15, 0.2) is 0 Å². The van der Waals surface area contributed by atoms with Gasteiger partial charge in [0, 0.05) is 30.4 Å². The van der Waals surface area contributed by atoms with Crippen LogP contribution in [0.3, 0.4) is 0 Å². The van der Waals surface area contributed by atoms with Crippen molar-refractivity contribution in [2.24, 2.45) is 0 Å². The van der Waals surface area contributed by atoms with Crippen LogP contribution in [0.2, 0.25) is 0 Å². The molecular formula is C19H17F3N2O2. The fourth-order valence-electron chi connectivity index (χ4n) is 2.58. The predicted octanol–water partition coefficient (Wildman–Crippen LogP) is 4.34. The van der Waals surface area contributed by atoms with Crippen molar-refractivity contribution in [3.05, 3.63) is 59.7 Å². The summed E-state index contributed by atoms with van der Waals surface area (Å²) < 4.78 is 42.1. The number of hydrogen-bond donors (Lipinski definition) is 1. The molecule has 4 nitrogen and oxygen atoms in total. The molecule has 0 fully saturated rings. The molecular weight excluding hydrogens is 345 g/mol. The lowest BCUT2D eigenvalue weighted by atomic mass is 10.1. The number of alkyl halides is 3. The van der Waals surface area contributed by atoms with Gasteiger partial charge in [0.1, 0.15) is 12.4 Å². The molecule has 0 aliphatic carbocycles. The smallest absolute Gasteiger partial charge is 0.409 e. The molecule has 0 saturated heterocycles. The van der Waals surface area contributed by atoms with Crippen LogP contribution in [-0.2, 0) is 0 Å². The first kappa shape index (κ1) is 17.8. The van der Waals surface area contributed by atoms with E-state index in [0.29, 0.717) is 29.2 Å². The first-order chi connectivity index (χ1) is 12.3. The second-order valence-electron chi connectivity index (χ2n) is 5.90. The molecule has 26 heavy (non-hydrogen) atoms. The number of hydrogen-bond acceptors (Lipinski definition) is 3. The maximum atomic E-state index is 12.3. The largest absolute Gasteiger partial charge is 0.489 e. The molecule has 0 bridgehead atoms. The molecule has 0 unspecified atom stereocenters. The van der Waals surface area contributed by atoms with Crippen LogP contribution in [0.4, 0.5) is 24.5 Å². The summed E-state index contributed by atoms with van der Waals surface area (Å²) in [4.78, 5) is 14.4. The molecule has 0 atom stereocenters. The molecule has 0 spiro atoms. The number of carbonyl (C=O) groups excluding carboxylic acids is 1. The highest BCUT2D eigenvalue weighted by molar-refractivity contribution is 6.04. The zero-order valence-corrected chi connectivity index (χ0v) is 14.0. The summed E-state index contributed by atoms with van der Waals surface area (Å²) in [5, 5.41) is 2.76. The number of allylic oxidation sites excluding steroid dienone is 1. The first-order valence-corrected chi connectivity index (χ1v) is 7.97. The Morgan fingerprint density at radius 2 is 1.92 bits per heavy atom. The van der Waals surface area contributed by atoms with Gasteiger partial charge in [-0.2, -0.15) is 13.2 Å². The Hall–Kier alpha value is -2.96. The molecule has 2 aromatic carbocycles. The van der Waals surface area contributed by atoms with Gasteiger partial charge in [-0.1, -0.05) is 18.2 Å². The third kappa shape index (κ3) is 4.36.